The van der Waals surface area contributed by atoms with Crippen molar-refractivity contribution in [3.05, 3.63) is 29.1 Å². The standard InChI is InChI=1S/C7H4F3O/c1-3-2-4(8)7(11)6(10)5(3)9/h2H,1H3. The number of hydrogen-bond acceptors (Lipinski definition) is 0. The lowest BCUT2D eigenvalue weighted by molar-refractivity contribution is 0.296. The van der Waals surface area contributed by atoms with E-state index in [0.29, 0.717) is 6.07 Å². The molecule has 0 aliphatic rings. The van der Waals surface area contributed by atoms with Crippen molar-refractivity contribution >= 4 is 0 Å². The van der Waals surface area contributed by atoms with Crippen LogP contribution in [-0.4, -0.2) is 0 Å². The SMILES string of the molecule is Cc1cc(F)c([O])c(F)c1F. The van der Waals surface area contributed by atoms with Gasteiger partial charge in [-0.25, -0.2) is 8.78 Å². The Morgan fingerprint density at radius 3 is 2.27 bits per heavy atom. The summed E-state index contributed by atoms with van der Waals surface area (Å²) >= 11 is 0. The van der Waals surface area contributed by atoms with Crippen molar-refractivity contribution in [1.82, 2.24) is 0 Å². The van der Waals surface area contributed by atoms with Gasteiger partial charge in [0.2, 0.25) is 5.82 Å². The molecule has 1 aromatic rings. The van der Waals surface area contributed by atoms with E-state index in [-0.39, 0.29) is 5.56 Å². The highest BCUT2D eigenvalue weighted by Gasteiger charge is 2.16. The maximum Gasteiger partial charge on any atom is 0.252 e. The van der Waals surface area contributed by atoms with Crippen LogP contribution in [0.5, 0.6) is 5.75 Å². The molecule has 0 fully saturated rings. The van der Waals surface area contributed by atoms with Crippen LogP contribution < -0.4 is 0 Å². The maximum atomic E-state index is 12.4. The Bertz CT molecular complexity index is 270. The first-order chi connectivity index (χ1) is 5.04. The van der Waals surface area contributed by atoms with Crippen molar-refractivity contribution in [2.24, 2.45) is 0 Å². The molecule has 1 radical (unpaired) electrons. The number of rotatable bonds is 0. The lowest BCUT2D eigenvalue weighted by Crippen LogP contribution is -1.91. The zero-order valence-corrected chi connectivity index (χ0v) is 5.62. The van der Waals surface area contributed by atoms with Gasteiger partial charge >= 0.3 is 0 Å². The van der Waals surface area contributed by atoms with Crippen LogP contribution in [0.2, 0.25) is 0 Å². The van der Waals surface area contributed by atoms with Crippen LogP contribution in [0.3, 0.4) is 0 Å². The average Bonchev–Trinajstić information content (AvgIpc) is 1.97. The molecule has 0 bridgehead atoms. The lowest BCUT2D eigenvalue weighted by atomic mass is 10.2. The van der Waals surface area contributed by atoms with E-state index in [1.54, 1.807) is 0 Å². The Morgan fingerprint density at radius 2 is 1.73 bits per heavy atom. The molecule has 1 nitrogen and oxygen atoms in total. The third kappa shape index (κ3) is 1.15. The molecule has 0 aliphatic carbocycles. The van der Waals surface area contributed by atoms with Gasteiger partial charge in [-0.2, -0.15) is 4.39 Å². The molecular weight excluding hydrogens is 157 g/mol. The topological polar surface area (TPSA) is 19.9 Å². The molecule has 11 heavy (non-hydrogen) atoms. The predicted octanol–water partition coefficient (Wildman–Crippen LogP) is 2.56. The molecule has 0 atom stereocenters. The van der Waals surface area contributed by atoms with Crippen LogP contribution >= 0.6 is 0 Å². The average molecular weight is 161 g/mol. The van der Waals surface area contributed by atoms with Gasteiger partial charge in [-0.3, -0.25) is 5.11 Å². The van der Waals surface area contributed by atoms with Crippen molar-refractivity contribution < 1.29 is 18.3 Å². The first-order valence-corrected chi connectivity index (χ1v) is 2.85. The Hall–Kier alpha value is -1.19. The van der Waals surface area contributed by atoms with Crippen molar-refractivity contribution in [1.29, 1.82) is 0 Å². The number of halogens is 3. The van der Waals surface area contributed by atoms with Gasteiger partial charge in [0, 0.05) is 0 Å². The smallest absolute Gasteiger partial charge is 0.252 e. The summed E-state index contributed by atoms with van der Waals surface area (Å²) in [6.07, 6.45) is 0. The van der Waals surface area contributed by atoms with Crippen molar-refractivity contribution in [3.8, 4) is 5.75 Å². The minimum atomic E-state index is -1.65. The molecule has 0 heterocycles. The van der Waals surface area contributed by atoms with Crippen molar-refractivity contribution in [2.75, 3.05) is 0 Å². The summed E-state index contributed by atoms with van der Waals surface area (Å²) in [7, 11) is 0. The zero-order chi connectivity index (χ0) is 8.59. The van der Waals surface area contributed by atoms with E-state index < -0.39 is 23.2 Å². The second-order valence-electron chi connectivity index (χ2n) is 2.13. The molecule has 0 saturated heterocycles. The van der Waals surface area contributed by atoms with E-state index in [2.05, 4.69) is 0 Å². The predicted molar refractivity (Wildman–Crippen MR) is 31.2 cm³/mol. The fraction of sp³-hybridized carbons (Fsp3) is 0.143. The van der Waals surface area contributed by atoms with E-state index in [4.69, 9.17) is 0 Å². The highest BCUT2D eigenvalue weighted by atomic mass is 19.2. The summed E-state index contributed by atoms with van der Waals surface area (Å²) < 4.78 is 37.1. The van der Waals surface area contributed by atoms with Crippen LogP contribution in [0, 0.1) is 24.4 Å². The van der Waals surface area contributed by atoms with Crippen LogP contribution in [0.1, 0.15) is 5.56 Å². The molecule has 1 aromatic carbocycles. The van der Waals surface area contributed by atoms with Crippen LogP contribution in [0.15, 0.2) is 6.07 Å². The van der Waals surface area contributed by atoms with Gasteiger partial charge in [0.1, 0.15) is 0 Å². The number of aryl methyl sites for hydroxylation is 1. The van der Waals surface area contributed by atoms with Gasteiger partial charge in [0.05, 0.1) is 0 Å². The molecule has 0 saturated carbocycles. The summed E-state index contributed by atoms with van der Waals surface area (Å²) in [6.45, 7) is 1.18. The second kappa shape index (κ2) is 2.45. The molecule has 0 spiro atoms. The lowest BCUT2D eigenvalue weighted by Gasteiger charge is -1.98. The molecule has 59 valence electrons. The summed E-state index contributed by atoms with van der Waals surface area (Å²) in [5.74, 6) is -5.71. The molecular formula is C7H4F3O. The van der Waals surface area contributed by atoms with Gasteiger partial charge in [-0.1, -0.05) is 0 Å². The van der Waals surface area contributed by atoms with Crippen molar-refractivity contribution in [2.45, 2.75) is 6.92 Å². The fourth-order valence-corrected chi connectivity index (χ4v) is 0.697. The minimum absolute atomic E-state index is 0.209. The molecule has 0 aromatic heterocycles. The third-order valence-electron chi connectivity index (χ3n) is 1.30. The number of hydrogen-bond donors (Lipinski definition) is 0. The Balaban J connectivity index is 3.46. The second-order valence-corrected chi connectivity index (χ2v) is 2.13. The molecule has 0 amide bonds. The Labute approximate surface area is 61.1 Å². The fourth-order valence-electron chi connectivity index (χ4n) is 0.697. The Morgan fingerprint density at radius 1 is 1.18 bits per heavy atom. The quantitative estimate of drug-likeness (QED) is 0.521. The Kier molecular flexibility index (Phi) is 1.76. The van der Waals surface area contributed by atoms with Crippen LogP contribution in [0.4, 0.5) is 13.2 Å². The van der Waals surface area contributed by atoms with E-state index in [1.165, 1.54) is 6.92 Å². The van der Waals surface area contributed by atoms with E-state index in [9.17, 15) is 18.3 Å². The monoisotopic (exact) mass is 161 g/mol. The largest absolute Gasteiger partial charge is 0.283 e. The van der Waals surface area contributed by atoms with Gasteiger partial charge in [0.15, 0.2) is 11.6 Å². The highest BCUT2D eigenvalue weighted by Crippen LogP contribution is 2.24. The van der Waals surface area contributed by atoms with Crippen LogP contribution in [0.25, 0.3) is 0 Å². The summed E-state index contributed by atoms with van der Waals surface area (Å²) in [5, 5.41) is 10.4. The summed E-state index contributed by atoms with van der Waals surface area (Å²) in [6, 6.07) is 0.667. The molecule has 4 heteroatoms. The van der Waals surface area contributed by atoms with Gasteiger partial charge in [-0.05, 0) is 18.6 Å². The number of benzene rings is 1. The first kappa shape index (κ1) is 7.91. The normalized spacial score (nSPS) is 10.2. The summed E-state index contributed by atoms with van der Waals surface area (Å²) in [5.41, 5.74) is -0.209. The first-order valence-electron chi connectivity index (χ1n) is 2.85. The van der Waals surface area contributed by atoms with E-state index in [0.717, 1.165) is 0 Å². The van der Waals surface area contributed by atoms with Gasteiger partial charge < -0.3 is 0 Å². The van der Waals surface area contributed by atoms with Crippen molar-refractivity contribution in [3.63, 3.8) is 0 Å². The zero-order valence-electron chi connectivity index (χ0n) is 5.62. The molecule has 0 N–H and O–H groups in total. The molecule has 0 aliphatic heterocycles. The molecule has 1 rings (SSSR count). The third-order valence-corrected chi connectivity index (χ3v) is 1.30. The highest BCUT2D eigenvalue weighted by molar-refractivity contribution is 5.30. The van der Waals surface area contributed by atoms with E-state index >= 15 is 0 Å². The van der Waals surface area contributed by atoms with Gasteiger partial charge in [0.25, 0.3) is 5.75 Å². The molecule has 0 unspecified atom stereocenters. The minimum Gasteiger partial charge on any atom is -0.283 e. The summed E-state index contributed by atoms with van der Waals surface area (Å²) in [4.78, 5) is 0. The maximum absolute atomic E-state index is 12.4. The van der Waals surface area contributed by atoms with Crippen LogP contribution in [-0.2, 0) is 5.11 Å². The van der Waals surface area contributed by atoms with Gasteiger partial charge in [-0.15, -0.1) is 0 Å². The van der Waals surface area contributed by atoms with E-state index in [1.807, 2.05) is 0 Å².